The summed E-state index contributed by atoms with van der Waals surface area (Å²) in [5.74, 6) is 0.752. The number of benzene rings is 1. The summed E-state index contributed by atoms with van der Waals surface area (Å²) in [7, 11) is -3.52. The zero-order chi connectivity index (χ0) is 21.3. The van der Waals surface area contributed by atoms with Gasteiger partial charge in [-0.2, -0.15) is 4.31 Å². The third-order valence-electron chi connectivity index (χ3n) is 5.37. The molecule has 2 aromatic heterocycles. The Balaban J connectivity index is 1.48. The van der Waals surface area contributed by atoms with E-state index >= 15 is 0 Å². The Bertz CT molecular complexity index is 1120. The molecule has 0 saturated carbocycles. The second kappa shape index (κ2) is 8.12. The molecule has 3 heterocycles. The quantitative estimate of drug-likeness (QED) is 0.642. The van der Waals surface area contributed by atoms with E-state index < -0.39 is 10.0 Å². The lowest BCUT2D eigenvalue weighted by molar-refractivity contribution is 0.383. The molecule has 0 amide bonds. The Morgan fingerprint density at radius 2 is 1.60 bits per heavy atom. The molecule has 30 heavy (non-hydrogen) atoms. The first-order chi connectivity index (χ1) is 14.4. The van der Waals surface area contributed by atoms with Crippen molar-refractivity contribution in [1.29, 1.82) is 0 Å². The maximum absolute atomic E-state index is 13.3. The van der Waals surface area contributed by atoms with Crippen LogP contribution in [0.4, 0.5) is 5.82 Å². The SMILES string of the molecule is Cc1cc(C)c(S(=O)(=O)N2CCN(c3ccc(-c4cccnc4)nn3)CC2)c(C)c1. The van der Waals surface area contributed by atoms with E-state index in [2.05, 4.69) is 20.1 Å². The molecule has 0 radical (unpaired) electrons. The number of aromatic nitrogens is 3. The molecule has 3 aromatic rings. The molecule has 4 rings (SSSR count). The third-order valence-corrected chi connectivity index (χ3v) is 7.58. The van der Waals surface area contributed by atoms with Gasteiger partial charge in [0, 0.05) is 44.1 Å². The highest BCUT2D eigenvalue weighted by Crippen LogP contribution is 2.27. The molecule has 1 fully saturated rings. The Morgan fingerprint density at radius 3 is 2.17 bits per heavy atom. The zero-order valence-corrected chi connectivity index (χ0v) is 18.2. The lowest BCUT2D eigenvalue weighted by Gasteiger charge is -2.35. The van der Waals surface area contributed by atoms with Gasteiger partial charge in [0.2, 0.25) is 10.0 Å². The number of nitrogens with zero attached hydrogens (tertiary/aromatic N) is 5. The van der Waals surface area contributed by atoms with Crippen LogP contribution in [0.25, 0.3) is 11.3 Å². The molecule has 1 aliphatic heterocycles. The van der Waals surface area contributed by atoms with Crippen molar-refractivity contribution in [2.45, 2.75) is 25.7 Å². The largest absolute Gasteiger partial charge is 0.352 e. The predicted molar refractivity (Wildman–Crippen MR) is 117 cm³/mol. The number of piperazine rings is 1. The second-order valence-corrected chi connectivity index (χ2v) is 9.51. The second-order valence-electron chi connectivity index (χ2n) is 7.64. The number of rotatable bonds is 4. The van der Waals surface area contributed by atoms with Gasteiger partial charge in [-0.1, -0.05) is 17.7 Å². The summed E-state index contributed by atoms with van der Waals surface area (Å²) in [5, 5.41) is 8.65. The van der Waals surface area contributed by atoms with Crippen LogP contribution in [0.1, 0.15) is 16.7 Å². The highest BCUT2D eigenvalue weighted by Gasteiger charge is 2.31. The van der Waals surface area contributed by atoms with Gasteiger partial charge >= 0.3 is 0 Å². The molecule has 0 unspecified atom stereocenters. The van der Waals surface area contributed by atoms with Gasteiger partial charge in [-0.3, -0.25) is 4.98 Å². The highest BCUT2D eigenvalue weighted by atomic mass is 32.2. The molecule has 0 bridgehead atoms. The van der Waals surface area contributed by atoms with Crippen molar-refractivity contribution in [1.82, 2.24) is 19.5 Å². The molecule has 0 atom stereocenters. The van der Waals surface area contributed by atoms with Crippen LogP contribution in [0.5, 0.6) is 0 Å². The van der Waals surface area contributed by atoms with Crippen LogP contribution in [-0.4, -0.2) is 54.1 Å². The first kappa shape index (κ1) is 20.4. The fourth-order valence-corrected chi connectivity index (χ4v) is 5.86. The summed E-state index contributed by atoms with van der Waals surface area (Å²) in [6.45, 7) is 7.69. The Kier molecular flexibility index (Phi) is 5.53. The lowest BCUT2D eigenvalue weighted by atomic mass is 10.1. The van der Waals surface area contributed by atoms with Crippen LogP contribution < -0.4 is 4.90 Å². The fourth-order valence-electron chi connectivity index (χ4n) is 4.02. The molecule has 0 aliphatic carbocycles. The van der Waals surface area contributed by atoms with Crippen LogP contribution in [0, 0.1) is 20.8 Å². The minimum absolute atomic E-state index is 0.418. The topological polar surface area (TPSA) is 79.3 Å². The van der Waals surface area contributed by atoms with Crippen molar-refractivity contribution in [3.8, 4) is 11.3 Å². The van der Waals surface area contributed by atoms with E-state index in [1.165, 1.54) is 0 Å². The summed E-state index contributed by atoms with van der Waals surface area (Å²) in [6, 6.07) is 11.5. The molecular weight excluding hydrogens is 398 g/mol. The van der Waals surface area contributed by atoms with Crippen LogP contribution in [0.15, 0.2) is 53.7 Å². The zero-order valence-electron chi connectivity index (χ0n) is 17.4. The molecule has 156 valence electrons. The number of hydrogen-bond acceptors (Lipinski definition) is 6. The van der Waals surface area contributed by atoms with E-state index in [9.17, 15) is 8.42 Å². The molecule has 8 heteroatoms. The summed E-state index contributed by atoms with van der Waals surface area (Å²) in [6.07, 6.45) is 3.47. The maximum Gasteiger partial charge on any atom is 0.243 e. The molecule has 7 nitrogen and oxygen atoms in total. The van der Waals surface area contributed by atoms with Gasteiger partial charge in [0.1, 0.15) is 0 Å². The highest BCUT2D eigenvalue weighted by molar-refractivity contribution is 7.89. The number of anilines is 1. The molecule has 1 aromatic carbocycles. The number of sulfonamides is 1. The Hall–Kier alpha value is -2.84. The molecular formula is C22H25N5O2S. The average molecular weight is 424 g/mol. The van der Waals surface area contributed by atoms with E-state index in [4.69, 9.17) is 0 Å². The van der Waals surface area contributed by atoms with Gasteiger partial charge in [-0.05, 0) is 56.2 Å². The first-order valence-corrected chi connectivity index (χ1v) is 11.4. The third kappa shape index (κ3) is 3.93. The van der Waals surface area contributed by atoms with Crippen LogP contribution in [-0.2, 0) is 10.0 Å². The van der Waals surface area contributed by atoms with Crippen molar-refractivity contribution in [2.75, 3.05) is 31.1 Å². The van der Waals surface area contributed by atoms with Crippen molar-refractivity contribution >= 4 is 15.8 Å². The number of aryl methyl sites for hydroxylation is 3. The molecule has 0 spiro atoms. The van der Waals surface area contributed by atoms with E-state index in [1.54, 1.807) is 16.7 Å². The van der Waals surface area contributed by atoms with E-state index in [0.717, 1.165) is 33.8 Å². The Morgan fingerprint density at radius 1 is 0.900 bits per heavy atom. The minimum Gasteiger partial charge on any atom is -0.352 e. The van der Waals surface area contributed by atoms with E-state index in [0.29, 0.717) is 31.1 Å². The van der Waals surface area contributed by atoms with Crippen molar-refractivity contribution in [3.05, 3.63) is 65.5 Å². The van der Waals surface area contributed by atoms with Crippen molar-refractivity contribution < 1.29 is 8.42 Å². The summed E-state index contributed by atoms with van der Waals surface area (Å²) < 4.78 is 28.1. The molecule has 0 N–H and O–H groups in total. The lowest BCUT2D eigenvalue weighted by Crippen LogP contribution is -2.49. The first-order valence-electron chi connectivity index (χ1n) is 9.93. The summed E-state index contributed by atoms with van der Waals surface area (Å²) >= 11 is 0. The number of hydrogen-bond donors (Lipinski definition) is 0. The maximum atomic E-state index is 13.3. The summed E-state index contributed by atoms with van der Waals surface area (Å²) in [4.78, 5) is 6.61. The standard InChI is InChI=1S/C22H25N5O2S/c1-16-13-17(2)22(18(3)14-16)30(28,29)27-11-9-26(10-12-27)21-7-6-20(24-25-21)19-5-4-8-23-15-19/h4-8,13-15H,9-12H2,1-3H3. The van der Waals surface area contributed by atoms with Gasteiger partial charge in [0.05, 0.1) is 10.6 Å². The predicted octanol–water partition coefficient (Wildman–Crippen LogP) is 2.97. The van der Waals surface area contributed by atoms with Crippen molar-refractivity contribution in [3.63, 3.8) is 0 Å². The molecule has 1 aliphatic rings. The smallest absolute Gasteiger partial charge is 0.243 e. The van der Waals surface area contributed by atoms with Gasteiger partial charge < -0.3 is 4.90 Å². The van der Waals surface area contributed by atoms with Gasteiger partial charge in [0.15, 0.2) is 5.82 Å². The van der Waals surface area contributed by atoms with Gasteiger partial charge in [0.25, 0.3) is 0 Å². The average Bonchev–Trinajstić information content (AvgIpc) is 2.74. The van der Waals surface area contributed by atoms with E-state index in [1.807, 2.05) is 57.2 Å². The van der Waals surface area contributed by atoms with Crippen LogP contribution >= 0.6 is 0 Å². The van der Waals surface area contributed by atoms with Crippen LogP contribution in [0.2, 0.25) is 0 Å². The van der Waals surface area contributed by atoms with Crippen LogP contribution in [0.3, 0.4) is 0 Å². The molecule has 1 saturated heterocycles. The normalized spacial score (nSPS) is 15.4. The van der Waals surface area contributed by atoms with Crippen molar-refractivity contribution in [2.24, 2.45) is 0 Å². The van der Waals surface area contributed by atoms with E-state index in [-0.39, 0.29) is 0 Å². The summed E-state index contributed by atoms with van der Waals surface area (Å²) in [5.41, 5.74) is 4.34. The Labute approximate surface area is 177 Å². The minimum atomic E-state index is -3.52. The van der Waals surface area contributed by atoms with Gasteiger partial charge in [-0.15, -0.1) is 10.2 Å². The number of pyridine rings is 1. The van der Waals surface area contributed by atoms with Gasteiger partial charge in [-0.25, -0.2) is 8.42 Å². The fraction of sp³-hybridized carbons (Fsp3) is 0.318. The monoisotopic (exact) mass is 423 g/mol.